The topological polar surface area (TPSA) is 30.5 Å². The van der Waals surface area contributed by atoms with Gasteiger partial charge in [0.05, 0.1) is 13.2 Å². The molecule has 0 unspecified atom stereocenters. The Morgan fingerprint density at radius 1 is 1.10 bits per heavy atom. The van der Waals surface area contributed by atoms with Gasteiger partial charge in [0.1, 0.15) is 5.75 Å². The minimum absolute atomic E-state index is 0.501. The molecule has 0 aliphatic rings. The molecule has 0 radical (unpaired) electrons. The van der Waals surface area contributed by atoms with Crippen LogP contribution in [0.1, 0.15) is 43.7 Å². The van der Waals surface area contributed by atoms with Crippen molar-refractivity contribution in [3.8, 4) is 5.75 Å². The van der Waals surface area contributed by atoms with Crippen LogP contribution in [0.2, 0.25) is 0 Å². The van der Waals surface area contributed by atoms with Crippen molar-refractivity contribution in [3.05, 3.63) is 29.3 Å². The van der Waals surface area contributed by atoms with E-state index >= 15 is 0 Å². The molecule has 0 heterocycles. The maximum atomic E-state index is 5.95. The Hall–Kier alpha value is -1.06. The number of ether oxygens (including phenoxy) is 2. The Morgan fingerprint density at radius 2 is 1.90 bits per heavy atom. The lowest BCUT2D eigenvalue weighted by molar-refractivity contribution is 0.199. The third kappa shape index (κ3) is 6.40. The Morgan fingerprint density at radius 3 is 2.60 bits per heavy atom. The van der Waals surface area contributed by atoms with Crippen molar-refractivity contribution in [1.29, 1.82) is 0 Å². The highest BCUT2D eigenvalue weighted by Gasteiger charge is 2.07. The van der Waals surface area contributed by atoms with E-state index in [9.17, 15) is 0 Å². The molecule has 0 spiro atoms. The van der Waals surface area contributed by atoms with E-state index in [-0.39, 0.29) is 0 Å². The average molecular weight is 279 g/mol. The monoisotopic (exact) mass is 279 g/mol. The van der Waals surface area contributed by atoms with Crippen LogP contribution in [0.3, 0.4) is 0 Å². The van der Waals surface area contributed by atoms with Crippen molar-refractivity contribution >= 4 is 0 Å². The molecule has 1 rings (SSSR count). The molecule has 3 heteroatoms. The highest BCUT2D eigenvalue weighted by molar-refractivity contribution is 5.39. The summed E-state index contributed by atoms with van der Waals surface area (Å²) >= 11 is 0. The van der Waals surface area contributed by atoms with E-state index < -0.39 is 0 Å². The Balaban J connectivity index is 2.26. The van der Waals surface area contributed by atoms with E-state index in [0.717, 1.165) is 44.9 Å². The third-order valence-electron chi connectivity index (χ3n) is 3.28. The largest absolute Gasteiger partial charge is 0.493 e. The summed E-state index contributed by atoms with van der Waals surface area (Å²) in [6.45, 7) is 10.0. The number of rotatable bonds is 10. The number of aryl methyl sites for hydroxylation is 1. The molecule has 3 nitrogen and oxygen atoms in total. The van der Waals surface area contributed by atoms with E-state index in [0.29, 0.717) is 5.92 Å². The maximum Gasteiger partial charge on any atom is 0.122 e. The number of hydrogen-bond acceptors (Lipinski definition) is 3. The van der Waals surface area contributed by atoms with Crippen molar-refractivity contribution in [1.82, 2.24) is 5.32 Å². The number of benzene rings is 1. The van der Waals surface area contributed by atoms with Gasteiger partial charge in [0.25, 0.3) is 0 Å². The predicted octanol–water partition coefficient (Wildman–Crippen LogP) is 3.51. The molecule has 20 heavy (non-hydrogen) atoms. The molecule has 0 bridgehead atoms. The summed E-state index contributed by atoms with van der Waals surface area (Å²) in [5.41, 5.74) is 2.56. The van der Waals surface area contributed by atoms with E-state index in [1.165, 1.54) is 11.1 Å². The van der Waals surface area contributed by atoms with E-state index in [1.54, 1.807) is 7.11 Å². The maximum absolute atomic E-state index is 5.95. The van der Waals surface area contributed by atoms with Crippen LogP contribution in [0.5, 0.6) is 5.75 Å². The zero-order chi connectivity index (χ0) is 14.8. The number of methoxy groups -OCH3 is 1. The normalized spacial score (nSPS) is 11.1. The average Bonchev–Trinajstić information content (AvgIpc) is 2.41. The molecule has 0 saturated heterocycles. The van der Waals surface area contributed by atoms with Gasteiger partial charge in [0.15, 0.2) is 0 Å². The fourth-order valence-corrected chi connectivity index (χ4v) is 2.08. The van der Waals surface area contributed by atoms with Crippen LogP contribution in [-0.2, 0) is 4.74 Å². The van der Waals surface area contributed by atoms with E-state index in [4.69, 9.17) is 9.47 Å². The summed E-state index contributed by atoms with van der Waals surface area (Å²) in [7, 11) is 1.73. The Labute approximate surface area is 123 Å². The van der Waals surface area contributed by atoms with Crippen LogP contribution >= 0.6 is 0 Å². The first-order valence-electron chi connectivity index (χ1n) is 7.58. The van der Waals surface area contributed by atoms with Crippen molar-refractivity contribution in [2.45, 2.75) is 39.5 Å². The van der Waals surface area contributed by atoms with Gasteiger partial charge < -0.3 is 14.8 Å². The fraction of sp³-hybridized carbons (Fsp3) is 0.647. The van der Waals surface area contributed by atoms with Crippen LogP contribution in [0.4, 0.5) is 0 Å². The van der Waals surface area contributed by atoms with Crippen molar-refractivity contribution < 1.29 is 9.47 Å². The van der Waals surface area contributed by atoms with Gasteiger partial charge in [-0.3, -0.25) is 0 Å². The molecular weight excluding hydrogens is 250 g/mol. The summed E-state index contributed by atoms with van der Waals surface area (Å²) in [6, 6.07) is 6.48. The SMILES string of the molecule is COCCNCCCCOc1cc(C)ccc1C(C)C. The second-order valence-electron chi connectivity index (χ2n) is 5.49. The summed E-state index contributed by atoms with van der Waals surface area (Å²) in [4.78, 5) is 0. The quantitative estimate of drug-likeness (QED) is 0.665. The summed E-state index contributed by atoms with van der Waals surface area (Å²) in [6.07, 6.45) is 2.21. The molecule has 0 amide bonds. The van der Waals surface area contributed by atoms with Crippen molar-refractivity contribution in [2.24, 2.45) is 0 Å². The van der Waals surface area contributed by atoms with Gasteiger partial charge >= 0.3 is 0 Å². The molecule has 114 valence electrons. The van der Waals surface area contributed by atoms with Gasteiger partial charge in [-0.15, -0.1) is 0 Å². The zero-order valence-electron chi connectivity index (χ0n) is 13.4. The molecule has 1 aromatic carbocycles. The third-order valence-corrected chi connectivity index (χ3v) is 3.28. The molecule has 1 aromatic rings. The lowest BCUT2D eigenvalue weighted by atomic mass is 10.0. The molecule has 0 aliphatic heterocycles. The van der Waals surface area contributed by atoms with Crippen LogP contribution in [0, 0.1) is 6.92 Å². The molecule has 0 aromatic heterocycles. The minimum Gasteiger partial charge on any atom is -0.493 e. The number of unbranched alkanes of at least 4 members (excludes halogenated alkanes) is 1. The summed E-state index contributed by atoms with van der Waals surface area (Å²) in [5.74, 6) is 1.55. The Bertz CT molecular complexity index is 377. The first-order valence-corrected chi connectivity index (χ1v) is 7.58. The molecule has 0 saturated carbocycles. The number of hydrogen-bond donors (Lipinski definition) is 1. The van der Waals surface area contributed by atoms with Gasteiger partial charge in [0.2, 0.25) is 0 Å². The molecular formula is C17H29NO2. The molecule has 1 N–H and O–H groups in total. The van der Waals surface area contributed by atoms with Gasteiger partial charge in [0, 0.05) is 13.7 Å². The lowest BCUT2D eigenvalue weighted by Crippen LogP contribution is -2.20. The highest BCUT2D eigenvalue weighted by Crippen LogP contribution is 2.27. The van der Waals surface area contributed by atoms with Gasteiger partial charge in [-0.2, -0.15) is 0 Å². The van der Waals surface area contributed by atoms with E-state index in [2.05, 4.69) is 44.3 Å². The molecule has 0 fully saturated rings. The fourth-order valence-electron chi connectivity index (χ4n) is 2.08. The first kappa shape index (κ1) is 17.0. The Kier molecular flexibility index (Phi) is 8.31. The van der Waals surface area contributed by atoms with Gasteiger partial charge in [-0.1, -0.05) is 26.0 Å². The summed E-state index contributed by atoms with van der Waals surface area (Å²) in [5, 5.41) is 3.34. The highest BCUT2D eigenvalue weighted by atomic mass is 16.5. The zero-order valence-corrected chi connectivity index (χ0v) is 13.4. The van der Waals surface area contributed by atoms with Gasteiger partial charge in [-0.05, 0) is 49.4 Å². The standard InChI is InChI=1S/C17H29NO2/c1-14(2)16-8-7-15(3)13-17(16)20-11-6-5-9-18-10-12-19-4/h7-8,13-14,18H,5-6,9-12H2,1-4H3. The van der Waals surface area contributed by atoms with Gasteiger partial charge in [-0.25, -0.2) is 0 Å². The predicted molar refractivity (Wildman–Crippen MR) is 84.7 cm³/mol. The van der Waals surface area contributed by atoms with Crippen molar-refractivity contribution in [3.63, 3.8) is 0 Å². The summed E-state index contributed by atoms with van der Waals surface area (Å²) < 4.78 is 10.9. The first-order chi connectivity index (χ1) is 9.65. The second-order valence-corrected chi connectivity index (χ2v) is 5.49. The smallest absolute Gasteiger partial charge is 0.122 e. The van der Waals surface area contributed by atoms with Crippen LogP contribution in [0.15, 0.2) is 18.2 Å². The van der Waals surface area contributed by atoms with Crippen LogP contribution < -0.4 is 10.1 Å². The molecule has 0 aliphatic carbocycles. The van der Waals surface area contributed by atoms with Crippen LogP contribution in [0.25, 0.3) is 0 Å². The minimum atomic E-state index is 0.501. The second kappa shape index (κ2) is 9.78. The lowest BCUT2D eigenvalue weighted by Gasteiger charge is -2.15. The van der Waals surface area contributed by atoms with E-state index in [1.807, 2.05) is 0 Å². The molecule has 0 atom stereocenters. The van der Waals surface area contributed by atoms with Crippen molar-refractivity contribution in [2.75, 3.05) is 33.4 Å². The number of nitrogens with one attached hydrogen (secondary N) is 1. The van der Waals surface area contributed by atoms with Crippen LogP contribution in [-0.4, -0.2) is 33.4 Å².